The number of ether oxygens (including phenoxy) is 1. The maximum atomic E-state index is 14.7. The van der Waals surface area contributed by atoms with Gasteiger partial charge in [0.05, 0.1) is 6.61 Å². The highest BCUT2D eigenvalue weighted by molar-refractivity contribution is 6.32. The van der Waals surface area contributed by atoms with E-state index in [9.17, 15) is 4.39 Å². The van der Waals surface area contributed by atoms with Crippen molar-refractivity contribution >= 4 is 11.6 Å². The van der Waals surface area contributed by atoms with Crippen LogP contribution in [-0.4, -0.2) is 6.61 Å². The Kier molecular flexibility index (Phi) is 6.66. The zero-order valence-electron chi connectivity index (χ0n) is 15.7. The summed E-state index contributed by atoms with van der Waals surface area (Å²) in [6, 6.07) is 3.73. The van der Waals surface area contributed by atoms with Gasteiger partial charge in [-0.3, -0.25) is 0 Å². The van der Waals surface area contributed by atoms with Gasteiger partial charge < -0.3 is 4.74 Å². The summed E-state index contributed by atoms with van der Waals surface area (Å²) < 4.78 is 20.1. The Morgan fingerprint density at radius 2 is 1.68 bits per heavy atom. The molecule has 0 amide bonds. The molecule has 2 aliphatic carbocycles. The second-order valence-electron chi connectivity index (χ2n) is 8.20. The highest BCUT2D eigenvalue weighted by atomic mass is 35.5. The largest absolute Gasteiger partial charge is 0.492 e. The van der Waals surface area contributed by atoms with E-state index in [1.54, 1.807) is 0 Å². The van der Waals surface area contributed by atoms with Crippen molar-refractivity contribution in [2.45, 2.75) is 77.6 Å². The van der Waals surface area contributed by atoms with Gasteiger partial charge in [-0.1, -0.05) is 50.3 Å². The number of rotatable bonds is 4. The molecular formula is C22H32ClFO. The van der Waals surface area contributed by atoms with Crippen molar-refractivity contribution in [2.75, 3.05) is 6.61 Å². The van der Waals surface area contributed by atoms with Crippen molar-refractivity contribution in [3.63, 3.8) is 0 Å². The second-order valence-corrected chi connectivity index (χ2v) is 8.58. The summed E-state index contributed by atoms with van der Waals surface area (Å²) in [5.74, 6) is 3.17. The van der Waals surface area contributed by atoms with Crippen LogP contribution in [-0.2, 0) is 0 Å². The molecule has 0 heterocycles. The van der Waals surface area contributed by atoms with E-state index in [2.05, 4.69) is 6.92 Å². The predicted octanol–water partition coefficient (Wildman–Crippen LogP) is 7.37. The first-order valence-electron chi connectivity index (χ1n) is 10.2. The van der Waals surface area contributed by atoms with E-state index in [-0.39, 0.29) is 10.8 Å². The minimum atomic E-state index is -0.264. The molecule has 25 heavy (non-hydrogen) atoms. The van der Waals surface area contributed by atoms with Gasteiger partial charge >= 0.3 is 0 Å². The summed E-state index contributed by atoms with van der Waals surface area (Å²) in [7, 11) is 0. The summed E-state index contributed by atoms with van der Waals surface area (Å²) in [5, 5.41) is 0.152. The molecule has 0 saturated heterocycles. The van der Waals surface area contributed by atoms with Crippen molar-refractivity contribution in [3.05, 3.63) is 28.5 Å². The lowest BCUT2D eigenvalue weighted by Gasteiger charge is -2.34. The third kappa shape index (κ3) is 4.51. The summed E-state index contributed by atoms with van der Waals surface area (Å²) in [4.78, 5) is 0. The standard InChI is InChI=1S/C22H32ClFO/c1-3-25-20-14-13-19(22(24)21(20)23)18-11-9-17(10-12-18)16-6-4-5-15(2)7-8-16/h13-18H,3-12H2,1-2H3. The van der Waals surface area contributed by atoms with Crippen LogP contribution in [0.25, 0.3) is 0 Å². The number of hydrogen-bond donors (Lipinski definition) is 0. The van der Waals surface area contributed by atoms with Gasteiger partial charge in [0, 0.05) is 0 Å². The van der Waals surface area contributed by atoms with Crippen LogP contribution in [0.5, 0.6) is 5.75 Å². The Morgan fingerprint density at radius 3 is 2.40 bits per heavy atom. The summed E-state index contributed by atoms with van der Waals surface area (Å²) in [5.41, 5.74) is 0.793. The molecule has 2 unspecified atom stereocenters. The van der Waals surface area contributed by atoms with Gasteiger partial charge in [0.25, 0.3) is 0 Å². The van der Waals surface area contributed by atoms with Crippen LogP contribution in [0.3, 0.4) is 0 Å². The van der Waals surface area contributed by atoms with Crippen LogP contribution in [0, 0.1) is 23.6 Å². The van der Waals surface area contributed by atoms with E-state index >= 15 is 0 Å². The quantitative estimate of drug-likeness (QED) is 0.505. The van der Waals surface area contributed by atoms with E-state index in [4.69, 9.17) is 16.3 Å². The first-order valence-corrected chi connectivity index (χ1v) is 10.6. The molecule has 3 heteroatoms. The molecule has 0 N–H and O–H groups in total. The van der Waals surface area contributed by atoms with Gasteiger partial charge in [0.1, 0.15) is 16.6 Å². The molecule has 2 saturated carbocycles. The average molecular weight is 367 g/mol. The van der Waals surface area contributed by atoms with Crippen molar-refractivity contribution in [2.24, 2.45) is 17.8 Å². The smallest absolute Gasteiger partial charge is 0.149 e. The van der Waals surface area contributed by atoms with E-state index in [0.29, 0.717) is 18.3 Å². The lowest BCUT2D eigenvalue weighted by atomic mass is 9.72. The minimum absolute atomic E-state index is 0.152. The van der Waals surface area contributed by atoms with Crippen molar-refractivity contribution in [1.29, 1.82) is 0 Å². The van der Waals surface area contributed by atoms with E-state index in [1.807, 2.05) is 19.1 Å². The molecule has 2 aliphatic rings. The lowest BCUT2D eigenvalue weighted by Crippen LogP contribution is -2.21. The monoisotopic (exact) mass is 366 g/mol. The number of benzene rings is 1. The molecule has 0 bridgehead atoms. The van der Waals surface area contributed by atoms with E-state index in [0.717, 1.165) is 36.2 Å². The normalized spacial score (nSPS) is 30.7. The van der Waals surface area contributed by atoms with Crippen LogP contribution in [0.15, 0.2) is 12.1 Å². The maximum absolute atomic E-state index is 14.7. The molecule has 2 atom stereocenters. The Bertz CT molecular complexity index is 565. The van der Waals surface area contributed by atoms with Crippen molar-refractivity contribution in [3.8, 4) is 5.75 Å². The molecule has 3 rings (SSSR count). The lowest BCUT2D eigenvalue weighted by molar-refractivity contribution is 0.210. The summed E-state index contributed by atoms with van der Waals surface area (Å²) in [6.45, 7) is 4.79. The van der Waals surface area contributed by atoms with Gasteiger partial charge in [-0.15, -0.1) is 0 Å². The number of halogens is 2. The maximum Gasteiger partial charge on any atom is 0.149 e. The summed E-state index contributed by atoms with van der Waals surface area (Å²) in [6.07, 6.45) is 11.7. The molecular weight excluding hydrogens is 335 g/mol. The Labute approximate surface area is 157 Å². The highest BCUT2D eigenvalue weighted by Gasteiger charge is 2.31. The van der Waals surface area contributed by atoms with Crippen LogP contribution in [0.1, 0.15) is 83.1 Å². The first kappa shape index (κ1) is 19.0. The minimum Gasteiger partial charge on any atom is -0.492 e. The Morgan fingerprint density at radius 1 is 1.00 bits per heavy atom. The molecule has 1 aromatic carbocycles. The third-order valence-corrected chi connectivity index (χ3v) is 6.91. The zero-order valence-corrected chi connectivity index (χ0v) is 16.5. The van der Waals surface area contributed by atoms with Crippen molar-refractivity contribution < 1.29 is 9.13 Å². The van der Waals surface area contributed by atoms with Crippen LogP contribution in [0.4, 0.5) is 4.39 Å². The highest BCUT2D eigenvalue weighted by Crippen LogP contribution is 2.44. The second kappa shape index (κ2) is 8.75. The van der Waals surface area contributed by atoms with E-state index in [1.165, 1.54) is 44.9 Å². The topological polar surface area (TPSA) is 9.23 Å². The van der Waals surface area contributed by atoms with Gasteiger partial charge in [0.2, 0.25) is 0 Å². The number of hydrogen-bond acceptors (Lipinski definition) is 1. The predicted molar refractivity (Wildman–Crippen MR) is 103 cm³/mol. The van der Waals surface area contributed by atoms with Crippen LogP contribution in [0.2, 0.25) is 5.02 Å². The Balaban J connectivity index is 1.61. The summed E-state index contributed by atoms with van der Waals surface area (Å²) >= 11 is 6.18. The Hall–Kier alpha value is -0.760. The molecule has 1 aromatic rings. The van der Waals surface area contributed by atoms with Gasteiger partial charge in [-0.2, -0.15) is 0 Å². The fraction of sp³-hybridized carbons (Fsp3) is 0.727. The van der Waals surface area contributed by atoms with E-state index < -0.39 is 0 Å². The molecule has 0 spiro atoms. The van der Waals surface area contributed by atoms with Gasteiger partial charge in [-0.25, -0.2) is 4.39 Å². The third-order valence-electron chi connectivity index (χ3n) is 6.56. The van der Waals surface area contributed by atoms with Crippen LogP contribution >= 0.6 is 11.6 Å². The van der Waals surface area contributed by atoms with Crippen LogP contribution < -0.4 is 4.74 Å². The first-order chi connectivity index (χ1) is 12.1. The fourth-order valence-electron chi connectivity index (χ4n) is 5.02. The molecule has 0 radical (unpaired) electrons. The zero-order chi connectivity index (χ0) is 17.8. The fourth-order valence-corrected chi connectivity index (χ4v) is 5.24. The molecule has 0 aromatic heterocycles. The molecule has 1 nitrogen and oxygen atoms in total. The van der Waals surface area contributed by atoms with Gasteiger partial charge in [-0.05, 0) is 74.3 Å². The average Bonchev–Trinajstić information content (AvgIpc) is 2.84. The SMILES string of the molecule is CCOc1ccc(C2CCC(C3CCCC(C)CC3)CC2)c(F)c1Cl. The molecule has 140 valence electrons. The molecule has 0 aliphatic heterocycles. The van der Waals surface area contributed by atoms with Gasteiger partial charge in [0.15, 0.2) is 0 Å². The molecule has 2 fully saturated rings. The van der Waals surface area contributed by atoms with Crippen molar-refractivity contribution in [1.82, 2.24) is 0 Å².